The summed E-state index contributed by atoms with van der Waals surface area (Å²) in [6.07, 6.45) is 0. The highest BCUT2D eigenvalue weighted by molar-refractivity contribution is 7.79. The standard InChI is InChI=1S/C27H27O4PS3/c1-18(2)23-15-20(25-17-34-35-27(25)33)16-24(19(3)4)26(23)31-32(28,29-21-11-7-5-8-12-21)30-22-13-9-6-10-14-22/h5-19H,1-4H3. The van der Waals surface area contributed by atoms with Crippen LogP contribution in [0.1, 0.15) is 50.7 Å². The largest absolute Gasteiger partial charge is 0.647 e. The summed E-state index contributed by atoms with van der Waals surface area (Å²) in [4.78, 5) is 0. The van der Waals surface area contributed by atoms with Crippen LogP contribution in [0, 0.1) is 3.82 Å². The lowest BCUT2D eigenvalue weighted by molar-refractivity contribution is 0.295. The van der Waals surface area contributed by atoms with E-state index in [0.29, 0.717) is 17.2 Å². The van der Waals surface area contributed by atoms with Crippen LogP contribution in [0.2, 0.25) is 0 Å². The molecule has 4 rings (SSSR count). The molecule has 0 aliphatic rings. The van der Waals surface area contributed by atoms with Crippen LogP contribution in [-0.2, 0) is 4.57 Å². The van der Waals surface area contributed by atoms with Gasteiger partial charge >= 0.3 is 7.82 Å². The average molecular weight is 543 g/mol. The second-order valence-electron chi connectivity index (χ2n) is 8.64. The lowest BCUT2D eigenvalue weighted by atomic mass is 9.90. The number of rotatable bonds is 9. The van der Waals surface area contributed by atoms with Gasteiger partial charge in [-0.05, 0) is 64.9 Å². The molecule has 0 bridgehead atoms. The number of hydrogen-bond donors (Lipinski definition) is 0. The van der Waals surface area contributed by atoms with Crippen LogP contribution in [0.3, 0.4) is 0 Å². The predicted octanol–water partition coefficient (Wildman–Crippen LogP) is 10.1. The van der Waals surface area contributed by atoms with Gasteiger partial charge in [0, 0.05) is 10.9 Å². The predicted molar refractivity (Wildman–Crippen MR) is 149 cm³/mol. The first-order valence-corrected chi connectivity index (χ1v) is 15.4. The summed E-state index contributed by atoms with van der Waals surface area (Å²) in [5.74, 6) is 1.52. The van der Waals surface area contributed by atoms with E-state index in [1.165, 1.54) is 0 Å². The number of phosphoric ester groups is 1. The maximum absolute atomic E-state index is 14.2. The molecule has 4 aromatic rings. The van der Waals surface area contributed by atoms with Crippen molar-refractivity contribution in [1.29, 1.82) is 0 Å². The molecular weight excluding hydrogens is 515 g/mol. The topological polar surface area (TPSA) is 44.8 Å². The fourth-order valence-electron chi connectivity index (χ4n) is 3.58. The summed E-state index contributed by atoms with van der Waals surface area (Å²) in [5, 5.41) is 2.08. The zero-order valence-corrected chi connectivity index (χ0v) is 23.3. The van der Waals surface area contributed by atoms with E-state index in [2.05, 4.69) is 45.2 Å². The summed E-state index contributed by atoms with van der Waals surface area (Å²) in [7, 11) is -0.906. The molecule has 0 fully saturated rings. The third-order valence-corrected chi connectivity index (χ3v) is 9.27. The molecule has 1 aromatic heterocycles. The monoisotopic (exact) mass is 542 g/mol. The minimum absolute atomic E-state index is 0.0974. The van der Waals surface area contributed by atoms with Crippen molar-refractivity contribution in [3.63, 3.8) is 0 Å². The summed E-state index contributed by atoms with van der Waals surface area (Å²) in [6.45, 7) is 8.34. The molecule has 4 nitrogen and oxygen atoms in total. The van der Waals surface area contributed by atoms with Crippen LogP contribution in [-0.4, -0.2) is 0 Å². The van der Waals surface area contributed by atoms with Crippen molar-refractivity contribution in [3.05, 3.63) is 93.1 Å². The minimum Gasteiger partial charge on any atom is -0.386 e. The summed E-state index contributed by atoms with van der Waals surface area (Å²) in [6, 6.07) is 22.0. The quantitative estimate of drug-likeness (QED) is 0.120. The van der Waals surface area contributed by atoms with Crippen LogP contribution in [0.25, 0.3) is 11.1 Å². The van der Waals surface area contributed by atoms with Crippen LogP contribution < -0.4 is 13.6 Å². The first-order valence-electron chi connectivity index (χ1n) is 11.3. The molecule has 0 aliphatic heterocycles. The Kier molecular flexibility index (Phi) is 8.12. The zero-order chi connectivity index (χ0) is 25.0. The molecule has 0 saturated heterocycles. The third kappa shape index (κ3) is 6.22. The molecule has 35 heavy (non-hydrogen) atoms. The van der Waals surface area contributed by atoms with Gasteiger partial charge in [0.15, 0.2) is 0 Å². The molecular formula is C27H27O4PS3. The van der Waals surface area contributed by atoms with Gasteiger partial charge in [0.05, 0.1) is 0 Å². The van der Waals surface area contributed by atoms with E-state index in [4.69, 9.17) is 25.8 Å². The van der Waals surface area contributed by atoms with Crippen LogP contribution in [0.15, 0.2) is 78.2 Å². The molecule has 0 radical (unpaired) electrons. The van der Waals surface area contributed by atoms with E-state index < -0.39 is 7.82 Å². The number of benzene rings is 3. The molecule has 0 amide bonds. The second kappa shape index (κ2) is 11.1. The zero-order valence-electron chi connectivity index (χ0n) is 20.0. The van der Waals surface area contributed by atoms with E-state index >= 15 is 0 Å². The Hall–Kier alpha value is -2.44. The van der Waals surface area contributed by atoms with Gasteiger partial charge in [-0.15, -0.1) is 0 Å². The first-order chi connectivity index (χ1) is 16.8. The lowest BCUT2D eigenvalue weighted by Crippen LogP contribution is -2.11. The molecule has 0 unspecified atom stereocenters. The van der Waals surface area contributed by atoms with Crippen molar-refractivity contribution in [3.8, 4) is 28.4 Å². The fourth-order valence-corrected chi connectivity index (χ4v) is 7.28. The Morgan fingerprint density at radius 2 is 1.26 bits per heavy atom. The summed E-state index contributed by atoms with van der Waals surface area (Å²) >= 11 is 5.56. The maximum atomic E-state index is 14.2. The van der Waals surface area contributed by atoms with E-state index in [9.17, 15) is 4.57 Å². The van der Waals surface area contributed by atoms with Gasteiger partial charge < -0.3 is 13.6 Å². The number of phosphoric acid groups is 1. The van der Waals surface area contributed by atoms with Crippen LogP contribution >= 0.6 is 40.7 Å². The van der Waals surface area contributed by atoms with Gasteiger partial charge in [0.1, 0.15) is 21.1 Å². The average Bonchev–Trinajstić information content (AvgIpc) is 3.25. The Morgan fingerprint density at radius 3 is 1.66 bits per heavy atom. The molecule has 0 aliphatic carbocycles. The number of hydrogen-bond acceptors (Lipinski definition) is 7. The molecule has 182 valence electrons. The molecule has 0 N–H and O–H groups in total. The Bertz CT molecular complexity index is 1300. The highest BCUT2D eigenvalue weighted by Crippen LogP contribution is 2.53. The molecule has 1 heterocycles. The number of para-hydroxylation sites is 2. The summed E-state index contributed by atoms with van der Waals surface area (Å²) < 4.78 is 33.1. The van der Waals surface area contributed by atoms with Gasteiger partial charge in [-0.2, -0.15) is 4.57 Å². The summed E-state index contributed by atoms with van der Waals surface area (Å²) in [5.41, 5.74) is 3.92. The Balaban J connectivity index is 1.84. The molecule has 0 spiro atoms. The molecule has 8 heteroatoms. The van der Waals surface area contributed by atoms with Gasteiger partial charge in [0.25, 0.3) is 0 Å². The van der Waals surface area contributed by atoms with E-state index in [0.717, 1.165) is 26.1 Å². The normalized spacial score (nSPS) is 11.6. The van der Waals surface area contributed by atoms with Gasteiger partial charge in [-0.3, -0.25) is 0 Å². The molecule has 0 saturated carbocycles. The van der Waals surface area contributed by atoms with Crippen molar-refractivity contribution < 1.29 is 18.1 Å². The van der Waals surface area contributed by atoms with Gasteiger partial charge in [-0.1, -0.05) is 97.0 Å². The SMILES string of the molecule is CC(C)c1cc(-c2cssc2=S)cc(C(C)C)c1OP(=O)(Oc1ccccc1)Oc1ccccc1. The van der Waals surface area contributed by atoms with Crippen LogP contribution in [0.5, 0.6) is 17.2 Å². The molecule has 0 atom stereocenters. The highest BCUT2D eigenvalue weighted by atomic mass is 32.9. The van der Waals surface area contributed by atoms with E-state index in [-0.39, 0.29) is 11.8 Å². The Morgan fingerprint density at radius 1 is 0.771 bits per heavy atom. The first kappa shape index (κ1) is 25.6. The third-order valence-electron chi connectivity index (χ3n) is 5.34. The van der Waals surface area contributed by atoms with Crippen molar-refractivity contribution in [2.45, 2.75) is 39.5 Å². The minimum atomic E-state index is -4.12. The smallest absolute Gasteiger partial charge is 0.386 e. The van der Waals surface area contributed by atoms with Gasteiger partial charge in [0.2, 0.25) is 0 Å². The lowest BCUT2D eigenvalue weighted by Gasteiger charge is -2.25. The van der Waals surface area contributed by atoms with Crippen LogP contribution in [0.4, 0.5) is 0 Å². The molecule has 3 aromatic carbocycles. The Labute approximate surface area is 219 Å². The van der Waals surface area contributed by atoms with Crippen molar-refractivity contribution >= 4 is 40.7 Å². The van der Waals surface area contributed by atoms with Crippen molar-refractivity contribution in [1.82, 2.24) is 0 Å². The fraction of sp³-hybridized carbons (Fsp3) is 0.222. The maximum Gasteiger partial charge on any atom is 0.647 e. The highest BCUT2D eigenvalue weighted by Gasteiger charge is 2.36. The van der Waals surface area contributed by atoms with Crippen molar-refractivity contribution in [2.75, 3.05) is 0 Å². The van der Waals surface area contributed by atoms with Crippen molar-refractivity contribution in [2.24, 2.45) is 0 Å². The van der Waals surface area contributed by atoms with E-state index in [1.807, 2.05) is 36.4 Å². The van der Waals surface area contributed by atoms with E-state index in [1.54, 1.807) is 44.9 Å². The second-order valence-corrected chi connectivity index (χ2v) is 12.8. The van der Waals surface area contributed by atoms with Gasteiger partial charge in [-0.25, -0.2) is 0 Å².